The minimum Gasteiger partial charge on any atom is -0.207 e. The van der Waals surface area contributed by atoms with E-state index in [9.17, 15) is 13.2 Å². The van der Waals surface area contributed by atoms with E-state index >= 15 is 0 Å². The number of hydrogen-bond donors (Lipinski definition) is 0. The lowest BCUT2D eigenvalue weighted by Crippen LogP contribution is -1.90. The van der Waals surface area contributed by atoms with Gasteiger partial charge >= 0.3 is 0 Å². The second-order valence-electron chi connectivity index (χ2n) is 3.80. The van der Waals surface area contributed by atoms with Crippen molar-refractivity contribution in [3.05, 3.63) is 56.8 Å². The number of rotatable bonds is 2. The molecule has 0 radical (unpaired) electrons. The van der Waals surface area contributed by atoms with Crippen molar-refractivity contribution in [3.63, 3.8) is 0 Å². The topological polar surface area (TPSA) is 0 Å². The lowest BCUT2D eigenvalue weighted by Gasteiger charge is -2.09. The molecule has 0 aliphatic heterocycles. The van der Waals surface area contributed by atoms with Gasteiger partial charge in [0.05, 0.1) is 15.1 Å². The second kappa shape index (κ2) is 5.61. The molecule has 2 aromatic rings. The summed E-state index contributed by atoms with van der Waals surface area (Å²) in [7, 11) is 0. The third-order valence-corrected chi connectivity index (χ3v) is 3.81. The van der Waals surface area contributed by atoms with Crippen LogP contribution in [0.4, 0.5) is 13.2 Å². The lowest BCUT2D eigenvalue weighted by molar-refractivity contribution is 0.151. The molecule has 0 aliphatic rings. The summed E-state index contributed by atoms with van der Waals surface area (Å²) < 4.78 is 38.6. The van der Waals surface area contributed by atoms with Crippen LogP contribution in [-0.4, -0.2) is 0 Å². The van der Waals surface area contributed by atoms with Gasteiger partial charge in [-0.2, -0.15) is 0 Å². The third-order valence-electron chi connectivity index (χ3n) is 2.52. The fraction of sp³-hybridized carbons (Fsp3) is 0.0769. The fourth-order valence-electron chi connectivity index (χ4n) is 1.64. The van der Waals surface area contributed by atoms with Crippen LogP contribution in [0.1, 0.15) is 12.0 Å². The number of halogens is 6. The van der Waals surface area contributed by atoms with E-state index in [0.717, 1.165) is 12.1 Å². The molecule has 0 N–H and O–H groups in total. The Kier molecular flexibility index (Phi) is 4.29. The SMILES string of the molecule is Fc1cc(-c2ccc(Cl)c(Cl)c2Cl)cc(C(F)F)c1. The molecule has 0 heterocycles. The van der Waals surface area contributed by atoms with Crippen LogP contribution in [0.15, 0.2) is 30.3 Å². The minimum absolute atomic E-state index is 0.0972. The Morgan fingerprint density at radius 3 is 2.21 bits per heavy atom. The van der Waals surface area contributed by atoms with Crippen molar-refractivity contribution in [3.8, 4) is 11.1 Å². The van der Waals surface area contributed by atoms with Crippen molar-refractivity contribution in [1.29, 1.82) is 0 Å². The Balaban J connectivity index is 2.62. The van der Waals surface area contributed by atoms with Gasteiger partial charge in [-0.05, 0) is 29.8 Å². The fourth-order valence-corrected chi connectivity index (χ4v) is 2.29. The van der Waals surface area contributed by atoms with E-state index in [1.807, 2.05) is 0 Å². The van der Waals surface area contributed by atoms with Gasteiger partial charge in [-0.15, -0.1) is 0 Å². The number of hydrogen-bond acceptors (Lipinski definition) is 0. The maximum absolute atomic E-state index is 13.3. The Hall–Kier alpha value is -0.900. The van der Waals surface area contributed by atoms with Crippen molar-refractivity contribution in [1.82, 2.24) is 0 Å². The van der Waals surface area contributed by atoms with Gasteiger partial charge in [-0.3, -0.25) is 0 Å². The van der Waals surface area contributed by atoms with Crippen molar-refractivity contribution >= 4 is 34.8 Å². The first-order chi connectivity index (χ1) is 8.90. The third kappa shape index (κ3) is 2.99. The molecule has 0 saturated carbocycles. The molecule has 0 amide bonds. The zero-order valence-electron chi connectivity index (χ0n) is 9.23. The van der Waals surface area contributed by atoms with Crippen LogP contribution in [0.25, 0.3) is 11.1 Å². The standard InChI is InChI=1S/C13H6Cl3F3/c14-10-2-1-9(11(15)12(10)16)6-3-7(13(18)19)5-8(17)4-6/h1-5,13H. The monoisotopic (exact) mass is 324 g/mol. The van der Waals surface area contributed by atoms with Crippen LogP contribution in [0.5, 0.6) is 0 Å². The van der Waals surface area contributed by atoms with Gasteiger partial charge in [0, 0.05) is 11.1 Å². The summed E-state index contributed by atoms with van der Waals surface area (Å²) in [4.78, 5) is 0. The first-order valence-electron chi connectivity index (χ1n) is 5.12. The highest BCUT2D eigenvalue weighted by atomic mass is 35.5. The molecule has 0 unspecified atom stereocenters. The van der Waals surface area contributed by atoms with Crippen LogP contribution in [0.2, 0.25) is 15.1 Å². The predicted molar refractivity (Wildman–Crippen MR) is 71.8 cm³/mol. The van der Waals surface area contributed by atoms with Gasteiger partial charge in [0.1, 0.15) is 5.82 Å². The molecule has 0 fully saturated rings. The minimum atomic E-state index is -2.77. The first kappa shape index (κ1) is 14.5. The summed E-state index contributed by atoms with van der Waals surface area (Å²) in [5.41, 5.74) is 0.147. The molecule has 2 rings (SSSR count). The molecule has 19 heavy (non-hydrogen) atoms. The molecule has 0 nitrogen and oxygen atoms in total. The van der Waals surface area contributed by atoms with Gasteiger partial charge < -0.3 is 0 Å². The van der Waals surface area contributed by atoms with Gasteiger partial charge in [-0.1, -0.05) is 40.9 Å². The van der Waals surface area contributed by atoms with Crippen molar-refractivity contribution in [2.45, 2.75) is 6.43 Å². The van der Waals surface area contributed by atoms with Gasteiger partial charge in [0.2, 0.25) is 0 Å². The first-order valence-corrected chi connectivity index (χ1v) is 6.26. The second-order valence-corrected chi connectivity index (χ2v) is 4.96. The highest BCUT2D eigenvalue weighted by molar-refractivity contribution is 6.49. The summed E-state index contributed by atoms with van der Waals surface area (Å²) in [6.07, 6.45) is -2.77. The molecule has 0 aliphatic carbocycles. The average molecular weight is 326 g/mol. The average Bonchev–Trinajstić information content (AvgIpc) is 2.35. The van der Waals surface area contributed by atoms with Crippen LogP contribution < -0.4 is 0 Å². The number of alkyl halides is 2. The summed E-state index contributed by atoms with van der Waals surface area (Å²) in [5, 5.41) is 0.435. The molecular weight excluding hydrogens is 319 g/mol. The van der Waals surface area contributed by atoms with E-state index < -0.39 is 17.8 Å². The van der Waals surface area contributed by atoms with Gasteiger partial charge in [0.25, 0.3) is 6.43 Å². The quantitative estimate of drug-likeness (QED) is 0.561. The molecule has 0 saturated heterocycles. The van der Waals surface area contributed by atoms with Crippen molar-refractivity contribution in [2.75, 3.05) is 0 Å². The molecule has 0 atom stereocenters. The molecule has 100 valence electrons. The molecule has 2 aromatic carbocycles. The van der Waals surface area contributed by atoms with Crippen molar-refractivity contribution < 1.29 is 13.2 Å². The zero-order chi connectivity index (χ0) is 14.2. The number of benzene rings is 2. The highest BCUT2D eigenvalue weighted by Gasteiger charge is 2.15. The van der Waals surface area contributed by atoms with E-state index in [-0.39, 0.29) is 20.6 Å². The van der Waals surface area contributed by atoms with Gasteiger partial charge in [-0.25, -0.2) is 13.2 Å². The maximum atomic E-state index is 13.3. The van der Waals surface area contributed by atoms with Crippen LogP contribution >= 0.6 is 34.8 Å². The largest absolute Gasteiger partial charge is 0.263 e. The molecule has 0 bridgehead atoms. The van der Waals surface area contributed by atoms with Crippen LogP contribution in [0, 0.1) is 5.82 Å². The maximum Gasteiger partial charge on any atom is 0.263 e. The summed E-state index contributed by atoms with van der Waals surface area (Å²) >= 11 is 17.6. The van der Waals surface area contributed by atoms with E-state index in [0.29, 0.717) is 5.56 Å². The zero-order valence-corrected chi connectivity index (χ0v) is 11.5. The normalized spacial score (nSPS) is 11.1. The van der Waals surface area contributed by atoms with E-state index in [2.05, 4.69) is 0 Å². The smallest absolute Gasteiger partial charge is 0.207 e. The molecule has 0 spiro atoms. The lowest BCUT2D eigenvalue weighted by atomic mass is 10.0. The molecular formula is C13H6Cl3F3. The Morgan fingerprint density at radius 1 is 0.895 bits per heavy atom. The summed E-state index contributed by atoms with van der Waals surface area (Å²) in [5.74, 6) is -0.769. The molecule has 0 aromatic heterocycles. The van der Waals surface area contributed by atoms with E-state index in [4.69, 9.17) is 34.8 Å². The van der Waals surface area contributed by atoms with Crippen molar-refractivity contribution in [2.24, 2.45) is 0 Å². The van der Waals surface area contributed by atoms with E-state index in [1.54, 1.807) is 0 Å². The Labute approximate surface area is 122 Å². The van der Waals surface area contributed by atoms with Crippen LogP contribution in [-0.2, 0) is 0 Å². The summed E-state index contributed by atoms with van der Waals surface area (Å²) in [6.45, 7) is 0. The summed E-state index contributed by atoms with van der Waals surface area (Å²) in [6, 6.07) is 6.02. The predicted octanol–water partition coefficient (Wildman–Crippen LogP) is 6.39. The van der Waals surface area contributed by atoms with E-state index in [1.165, 1.54) is 18.2 Å². The highest BCUT2D eigenvalue weighted by Crippen LogP contribution is 2.39. The Bertz CT molecular complexity index is 627. The van der Waals surface area contributed by atoms with Crippen LogP contribution in [0.3, 0.4) is 0 Å². The van der Waals surface area contributed by atoms with Gasteiger partial charge in [0.15, 0.2) is 0 Å². The molecule has 6 heteroatoms. The Morgan fingerprint density at radius 2 is 1.58 bits per heavy atom.